The molecule has 0 aliphatic heterocycles. The molecule has 4 nitrogen and oxygen atoms in total. The van der Waals surface area contributed by atoms with E-state index in [4.69, 9.17) is 9.47 Å². The molecule has 2 aromatic carbocycles. The number of hydrogen-bond acceptors (Lipinski definition) is 4. The summed E-state index contributed by atoms with van der Waals surface area (Å²) < 4.78 is 10.8. The van der Waals surface area contributed by atoms with Crippen LogP contribution in [0.2, 0.25) is 0 Å². The number of fused-ring (bicyclic) bond motifs is 1. The summed E-state index contributed by atoms with van der Waals surface area (Å²) in [5.41, 5.74) is 5.10. The molecule has 0 bridgehead atoms. The van der Waals surface area contributed by atoms with Gasteiger partial charge in [-0.2, -0.15) is 0 Å². The minimum atomic E-state index is -0.439. The van der Waals surface area contributed by atoms with Crippen LogP contribution in [0.3, 0.4) is 0 Å². The third-order valence-corrected chi connectivity index (χ3v) is 4.54. The average Bonchev–Trinajstić information content (AvgIpc) is 3.05. The molecule has 1 unspecified atom stereocenters. The topological polar surface area (TPSA) is 52.6 Å². The van der Waals surface area contributed by atoms with Crippen molar-refractivity contribution in [1.29, 1.82) is 0 Å². The van der Waals surface area contributed by atoms with E-state index in [0.717, 1.165) is 29.5 Å². The highest BCUT2D eigenvalue weighted by Gasteiger charge is 2.28. The molecular weight excluding hydrogens is 340 g/mol. The van der Waals surface area contributed by atoms with Crippen molar-refractivity contribution < 1.29 is 19.1 Å². The maximum Gasteiger partial charge on any atom is 0.338 e. The van der Waals surface area contributed by atoms with Gasteiger partial charge in [-0.05, 0) is 61.1 Å². The summed E-state index contributed by atoms with van der Waals surface area (Å²) in [6.07, 6.45) is 1.37. The third-order valence-electron chi connectivity index (χ3n) is 4.54. The molecule has 0 aromatic heterocycles. The molecule has 0 spiro atoms. The molecule has 0 fully saturated rings. The second-order valence-corrected chi connectivity index (χ2v) is 6.78. The molecule has 1 atom stereocenters. The molecule has 2 aromatic rings. The summed E-state index contributed by atoms with van der Waals surface area (Å²) in [4.78, 5) is 23.5. The summed E-state index contributed by atoms with van der Waals surface area (Å²) in [7, 11) is 0. The molecule has 0 heterocycles. The Bertz CT molecular complexity index is 922. The summed E-state index contributed by atoms with van der Waals surface area (Å²) in [6.45, 7) is 10.5. The van der Waals surface area contributed by atoms with Crippen LogP contribution in [0.15, 0.2) is 66.8 Å². The van der Waals surface area contributed by atoms with E-state index in [9.17, 15) is 9.59 Å². The smallest absolute Gasteiger partial charge is 0.338 e. The fraction of sp³-hybridized carbons (Fsp3) is 0.217. The van der Waals surface area contributed by atoms with Gasteiger partial charge < -0.3 is 9.47 Å². The number of carbonyl (C=O) groups excluding carboxylic acids is 2. The van der Waals surface area contributed by atoms with E-state index in [1.807, 2.05) is 24.3 Å². The third kappa shape index (κ3) is 4.00. The molecule has 1 aliphatic carbocycles. The largest absolute Gasteiger partial charge is 0.454 e. The number of rotatable bonds is 5. The Kier molecular flexibility index (Phi) is 5.26. The molecule has 0 amide bonds. The van der Waals surface area contributed by atoms with Gasteiger partial charge >= 0.3 is 11.9 Å². The molecule has 0 radical (unpaired) electrons. The van der Waals surface area contributed by atoms with Gasteiger partial charge in [0, 0.05) is 11.1 Å². The van der Waals surface area contributed by atoms with Gasteiger partial charge in [0.05, 0.1) is 0 Å². The Morgan fingerprint density at radius 3 is 2.26 bits per heavy atom. The van der Waals surface area contributed by atoms with Crippen molar-refractivity contribution >= 4 is 11.9 Å². The summed E-state index contributed by atoms with van der Waals surface area (Å²) in [5.74, 6) is -0.319. The van der Waals surface area contributed by atoms with Crippen molar-refractivity contribution in [2.45, 2.75) is 32.8 Å². The van der Waals surface area contributed by atoms with E-state index in [0.29, 0.717) is 16.9 Å². The summed E-state index contributed by atoms with van der Waals surface area (Å²) >= 11 is 0. The van der Waals surface area contributed by atoms with Crippen molar-refractivity contribution in [3.63, 3.8) is 0 Å². The standard InChI is InChI=1S/C23H22O4/c1-14(2)22(24)26-17-10-8-16(9-11-17)18-6-5-7-20-19(18)12-13-21(20)27-23(25)15(3)4/h5-11,21H,1,3,12-13H2,2,4H3. The van der Waals surface area contributed by atoms with Crippen molar-refractivity contribution in [2.24, 2.45) is 0 Å². The molecular formula is C23H22O4. The monoisotopic (exact) mass is 362 g/mol. The van der Waals surface area contributed by atoms with E-state index < -0.39 is 5.97 Å². The van der Waals surface area contributed by atoms with Gasteiger partial charge in [-0.3, -0.25) is 0 Å². The molecule has 4 heteroatoms. The van der Waals surface area contributed by atoms with Crippen LogP contribution in [0.25, 0.3) is 11.1 Å². The Morgan fingerprint density at radius 1 is 0.963 bits per heavy atom. The highest BCUT2D eigenvalue weighted by atomic mass is 16.5. The normalized spacial score (nSPS) is 15.0. The molecule has 138 valence electrons. The highest BCUT2D eigenvalue weighted by Crippen LogP contribution is 2.40. The number of benzene rings is 2. The average molecular weight is 362 g/mol. The van der Waals surface area contributed by atoms with Gasteiger partial charge in [-0.1, -0.05) is 43.5 Å². The summed E-state index contributed by atoms with van der Waals surface area (Å²) in [6, 6.07) is 13.4. The highest BCUT2D eigenvalue weighted by molar-refractivity contribution is 5.89. The minimum absolute atomic E-state index is 0.236. The van der Waals surface area contributed by atoms with E-state index in [1.165, 1.54) is 5.56 Å². The van der Waals surface area contributed by atoms with Crippen molar-refractivity contribution in [2.75, 3.05) is 0 Å². The number of ether oxygens (including phenoxy) is 2. The summed E-state index contributed by atoms with van der Waals surface area (Å²) in [5, 5.41) is 0. The predicted octanol–water partition coefficient (Wildman–Crippen LogP) is 4.94. The fourth-order valence-electron chi connectivity index (χ4n) is 3.14. The van der Waals surface area contributed by atoms with E-state index >= 15 is 0 Å². The number of hydrogen-bond donors (Lipinski definition) is 0. The second-order valence-electron chi connectivity index (χ2n) is 6.78. The zero-order valence-electron chi connectivity index (χ0n) is 15.6. The van der Waals surface area contributed by atoms with Crippen LogP contribution in [0.1, 0.15) is 37.5 Å². The lowest BCUT2D eigenvalue weighted by Gasteiger charge is -2.14. The lowest BCUT2D eigenvalue weighted by atomic mass is 9.96. The van der Waals surface area contributed by atoms with Gasteiger partial charge in [0.1, 0.15) is 11.9 Å². The van der Waals surface area contributed by atoms with Crippen LogP contribution >= 0.6 is 0 Å². The Labute approximate surface area is 159 Å². The predicted molar refractivity (Wildman–Crippen MR) is 104 cm³/mol. The number of carbonyl (C=O) groups is 2. The maximum atomic E-state index is 11.9. The van der Waals surface area contributed by atoms with Crippen molar-refractivity contribution in [3.05, 3.63) is 77.9 Å². The Morgan fingerprint density at radius 2 is 1.63 bits per heavy atom. The zero-order chi connectivity index (χ0) is 19.6. The van der Waals surface area contributed by atoms with E-state index in [1.54, 1.807) is 26.0 Å². The first kappa shape index (κ1) is 18.6. The quantitative estimate of drug-likeness (QED) is 0.429. The minimum Gasteiger partial charge on any atom is -0.454 e. The van der Waals surface area contributed by atoms with Gasteiger partial charge in [-0.15, -0.1) is 0 Å². The number of esters is 2. The van der Waals surface area contributed by atoms with Gasteiger partial charge in [0.15, 0.2) is 0 Å². The maximum absolute atomic E-state index is 11.9. The molecule has 0 saturated heterocycles. The molecule has 27 heavy (non-hydrogen) atoms. The van der Waals surface area contributed by atoms with Crippen LogP contribution in [-0.4, -0.2) is 11.9 Å². The zero-order valence-corrected chi connectivity index (χ0v) is 15.6. The lowest BCUT2D eigenvalue weighted by Crippen LogP contribution is -2.09. The SMILES string of the molecule is C=C(C)C(=O)Oc1ccc(-c2cccc3c2CCC3OC(=O)C(=C)C)cc1. The van der Waals surface area contributed by atoms with Gasteiger partial charge in [-0.25, -0.2) is 9.59 Å². The van der Waals surface area contributed by atoms with Crippen LogP contribution in [0, 0.1) is 0 Å². The van der Waals surface area contributed by atoms with Crippen LogP contribution in [0.5, 0.6) is 5.75 Å². The lowest BCUT2D eigenvalue weighted by molar-refractivity contribution is -0.144. The Hall–Kier alpha value is -3.14. The van der Waals surface area contributed by atoms with Gasteiger partial charge in [0.2, 0.25) is 0 Å². The molecule has 0 saturated carbocycles. The van der Waals surface area contributed by atoms with Crippen LogP contribution < -0.4 is 4.74 Å². The van der Waals surface area contributed by atoms with Crippen molar-refractivity contribution in [3.8, 4) is 16.9 Å². The first-order valence-corrected chi connectivity index (χ1v) is 8.83. The second kappa shape index (κ2) is 7.62. The van der Waals surface area contributed by atoms with Crippen molar-refractivity contribution in [1.82, 2.24) is 0 Å². The van der Waals surface area contributed by atoms with Gasteiger partial charge in [0.25, 0.3) is 0 Å². The first-order chi connectivity index (χ1) is 12.9. The molecule has 0 N–H and O–H groups in total. The molecule has 3 rings (SSSR count). The molecule has 1 aliphatic rings. The Balaban J connectivity index is 1.84. The fourth-order valence-corrected chi connectivity index (χ4v) is 3.14. The van der Waals surface area contributed by atoms with Crippen LogP contribution in [-0.2, 0) is 20.7 Å². The van der Waals surface area contributed by atoms with E-state index in [-0.39, 0.29) is 12.1 Å². The van der Waals surface area contributed by atoms with Crippen LogP contribution in [0.4, 0.5) is 0 Å². The first-order valence-electron chi connectivity index (χ1n) is 8.83. The van der Waals surface area contributed by atoms with E-state index in [2.05, 4.69) is 19.2 Å².